The monoisotopic (exact) mass is 1940 g/mol. The van der Waals surface area contributed by atoms with Gasteiger partial charge in [-0.15, -0.1) is 0 Å². The Hall–Kier alpha value is -19.9. The molecular formula is C144H93N3O3. The highest BCUT2D eigenvalue weighted by Crippen LogP contribution is 2.52. The van der Waals surface area contributed by atoms with Crippen LogP contribution in [-0.4, -0.2) is 0 Å². The number of fused-ring (bicyclic) bond motifs is 18. The van der Waals surface area contributed by atoms with E-state index in [0.29, 0.717) is 39.7 Å². The molecule has 0 saturated carbocycles. The Morgan fingerprint density at radius 3 is 1.03 bits per heavy atom. The van der Waals surface area contributed by atoms with Crippen molar-refractivity contribution in [2.45, 2.75) is 0 Å². The summed E-state index contributed by atoms with van der Waals surface area (Å²) in [6.07, 6.45) is 0. The lowest BCUT2D eigenvalue weighted by molar-refractivity contribution is 0.668. The van der Waals surface area contributed by atoms with E-state index in [9.17, 15) is 8.22 Å². The molecule has 26 aromatic carbocycles. The Balaban J connectivity index is 0.000000122. The maximum absolute atomic E-state index is 9.57. The standard InChI is InChI=1S/C50H31NO.C48H31NO.C46H31NO/c1-2-12-40-33(8-1)9-5-14-41(40)34-20-25-38(26-21-34)51(39-27-29-42-45-15-6-10-35-11-7-16-46(50(35)45)47(42)31-39)37-23-18-32(19-24-37)36-22-28-44-43-13-3-4-17-48(43)52-49(44)30-36;1-3-13-39-33(10-1)12-9-18-40(39)34-22-27-38(28-23-34)49(46-30-36-11-2-4-14-41(36)42-15-5-6-16-43(42)46)37-25-20-32(21-26-37)35-24-29-45-44-17-7-8-19-47(44)50-48(45)31-35;1-2-9-32(10-3-1)33-17-24-38(25-18-33)47(40-28-21-36(22-29-40)42-15-8-12-35-11-4-5-13-41(35)42)39-26-19-34(20-27-39)37-23-30-44-43-14-6-7-16-45(43)48-46(44)31-37/h1-31H;1-31H;1-31H/i4D,20D,21D,25D,26D;1D,3D,9D,10D,12D,13D,18D;1D,2D,3D,4D,5D,8D,9D,10D,11D,12D,13D,15D,17D,18D,24D,25D. The molecule has 150 heavy (non-hydrogen) atoms. The third-order valence-corrected chi connectivity index (χ3v) is 28.1. The number of furan rings is 3. The molecule has 0 amide bonds. The number of anilines is 9. The van der Waals surface area contributed by atoms with Crippen LogP contribution in [-0.2, 0) is 0 Å². The van der Waals surface area contributed by atoms with Gasteiger partial charge in [-0.3, -0.25) is 0 Å². The molecule has 29 aromatic rings. The van der Waals surface area contributed by atoms with Crippen LogP contribution in [0.5, 0.6) is 0 Å². The minimum atomic E-state index is -0.702. The van der Waals surface area contributed by atoms with Crippen LogP contribution in [0, 0.1) is 0 Å². The van der Waals surface area contributed by atoms with Gasteiger partial charge in [-0.05, 0) is 317 Å². The van der Waals surface area contributed by atoms with Crippen molar-refractivity contribution in [2.75, 3.05) is 14.7 Å². The second kappa shape index (κ2) is 37.4. The third-order valence-electron chi connectivity index (χ3n) is 28.1. The Labute approximate surface area is 907 Å². The van der Waals surface area contributed by atoms with Crippen molar-refractivity contribution in [1.29, 1.82) is 0 Å². The lowest BCUT2D eigenvalue weighted by Gasteiger charge is -2.28. The Bertz CT molecular complexity index is 12100. The largest absolute Gasteiger partial charge is 0.456 e. The molecule has 1 aliphatic carbocycles. The summed E-state index contributed by atoms with van der Waals surface area (Å²) in [5.41, 5.74) is 20.2. The fourth-order valence-corrected chi connectivity index (χ4v) is 21.0. The van der Waals surface area contributed by atoms with E-state index in [1.807, 2.05) is 217 Å². The molecule has 6 nitrogen and oxygen atoms in total. The van der Waals surface area contributed by atoms with Gasteiger partial charge in [-0.2, -0.15) is 0 Å². The second-order valence-electron chi connectivity index (χ2n) is 36.7. The molecule has 6 heteroatoms. The van der Waals surface area contributed by atoms with Crippen LogP contribution in [0.15, 0.2) is 577 Å². The predicted molar refractivity (Wildman–Crippen MR) is 633 cm³/mol. The lowest BCUT2D eigenvalue weighted by Crippen LogP contribution is -2.10. The summed E-state index contributed by atoms with van der Waals surface area (Å²) in [5.74, 6) is 0. The molecule has 702 valence electrons. The van der Waals surface area contributed by atoms with E-state index in [-0.39, 0.29) is 97.1 Å². The number of rotatable bonds is 16. The molecule has 30 rings (SSSR count). The summed E-state index contributed by atoms with van der Waals surface area (Å²) >= 11 is 0. The van der Waals surface area contributed by atoms with Gasteiger partial charge < -0.3 is 28.0 Å². The van der Waals surface area contributed by atoms with E-state index in [1.165, 1.54) is 33.4 Å². The van der Waals surface area contributed by atoms with Gasteiger partial charge in [0.1, 0.15) is 33.5 Å². The van der Waals surface area contributed by atoms with Crippen LogP contribution >= 0.6 is 0 Å². The number of hydrogen-bond donors (Lipinski definition) is 0. The van der Waals surface area contributed by atoms with Gasteiger partial charge in [0.2, 0.25) is 0 Å². The first-order valence-corrected chi connectivity index (χ1v) is 49.0. The molecule has 0 spiro atoms. The molecule has 0 unspecified atom stereocenters. The maximum Gasteiger partial charge on any atom is 0.136 e. The smallest absolute Gasteiger partial charge is 0.136 e. The zero-order chi connectivity index (χ0) is 123. The molecule has 0 fully saturated rings. The van der Waals surface area contributed by atoms with Crippen LogP contribution in [0.1, 0.15) is 38.4 Å². The van der Waals surface area contributed by atoms with Gasteiger partial charge in [0.25, 0.3) is 0 Å². The first-order chi connectivity index (χ1) is 86.0. The summed E-state index contributed by atoms with van der Waals surface area (Å²) in [7, 11) is 0. The topological polar surface area (TPSA) is 49.1 Å². The fourth-order valence-electron chi connectivity index (χ4n) is 21.0. The molecule has 3 heterocycles. The summed E-state index contributed by atoms with van der Waals surface area (Å²) < 4.78 is 263. The highest BCUT2D eigenvalue weighted by Gasteiger charge is 2.27. The molecule has 3 aromatic heterocycles. The van der Waals surface area contributed by atoms with Crippen molar-refractivity contribution in [3.63, 3.8) is 0 Å². The van der Waals surface area contributed by atoms with E-state index < -0.39 is 138 Å². The van der Waals surface area contributed by atoms with Crippen LogP contribution < -0.4 is 14.7 Å². The number of para-hydroxylation sites is 3. The van der Waals surface area contributed by atoms with Crippen molar-refractivity contribution < 1.29 is 51.6 Å². The molecule has 0 aliphatic heterocycles. The van der Waals surface area contributed by atoms with E-state index in [1.54, 1.807) is 36.4 Å². The van der Waals surface area contributed by atoms with Crippen LogP contribution in [0.3, 0.4) is 0 Å². The molecule has 0 radical (unpaired) electrons. The van der Waals surface area contributed by atoms with Gasteiger partial charge in [-0.1, -0.05) is 406 Å². The molecule has 0 bridgehead atoms. The average Bonchev–Trinajstić information content (AvgIpc) is 0.998. The second-order valence-corrected chi connectivity index (χ2v) is 36.7. The SMILES string of the molecule is [2H]c1c([2H])c([2H])c(-c2c([2H])c([2H])c(N(c3ccc(-c4ccc5c(c4)oc4ccccc45)cc3)c3ccc(-c4c([2H])c([2H])c([2H])c5c([2H])c([2H])c([2H])c([2H])c45)cc3)c([2H])c2[2H])c([2H])c1[2H].[2H]c1c([2H])c([2H])c2c(-c3ccc(N(c4ccc(-c5ccc6c(c5)oc5ccccc56)cc4)c4cc5ccccc5c5ccccc45)cc3)c([2H])c([2H])c([2H])c2c1[2H].[2H]c1ccc2c(c1)oc1cc(-c3ccc(N(c4ccc5c(c4)-c4cccc6cccc-5c46)c4c([2H])c([2H])c(-c5cccc6ccccc56)c([2H])c4[2H])cc3)ccc12. The minimum absolute atomic E-state index is 0.0147. The van der Waals surface area contributed by atoms with Crippen molar-refractivity contribution in [3.8, 4) is 100 Å². The molecule has 0 saturated heterocycles. The zero-order valence-corrected chi connectivity index (χ0v) is 79.6. The van der Waals surface area contributed by atoms with Crippen LogP contribution in [0.4, 0.5) is 51.2 Å². The Morgan fingerprint density at radius 1 is 0.140 bits per heavy atom. The Morgan fingerprint density at radius 2 is 0.507 bits per heavy atom. The fraction of sp³-hybridized carbons (Fsp3) is 0. The lowest BCUT2D eigenvalue weighted by atomic mass is 9.97. The first-order valence-electron chi connectivity index (χ1n) is 63.0. The van der Waals surface area contributed by atoms with Gasteiger partial charge in [0.05, 0.1) is 44.1 Å². The Kier molecular flexibility index (Phi) is 15.8. The normalized spacial score (nSPS) is 14.2. The summed E-state index contributed by atoms with van der Waals surface area (Å²) in [5, 5.41) is 14.3. The van der Waals surface area contributed by atoms with Crippen molar-refractivity contribution in [3.05, 3.63) is 564 Å². The minimum Gasteiger partial charge on any atom is -0.456 e. The first kappa shape index (κ1) is 63.3. The summed E-state index contributed by atoms with van der Waals surface area (Å²) in [6.45, 7) is 0. The molecule has 1 aliphatic rings. The van der Waals surface area contributed by atoms with Crippen molar-refractivity contribution in [2.24, 2.45) is 0 Å². The number of hydrogen-bond acceptors (Lipinski definition) is 6. The van der Waals surface area contributed by atoms with Crippen molar-refractivity contribution >= 4 is 182 Å². The van der Waals surface area contributed by atoms with E-state index >= 15 is 0 Å². The summed E-state index contributed by atoms with van der Waals surface area (Å²) in [4.78, 5) is 5.51. The van der Waals surface area contributed by atoms with Crippen LogP contribution in [0.25, 0.3) is 231 Å². The quantitative estimate of drug-likeness (QED) is 0.0899. The van der Waals surface area contributed by atoms with Gasteiger partial charge in [0, 0.05) is 83.2 Å². The van der Waals surface area contributed by atoms with E-state index in [0.717, 1.165) is 160 Å². The zero-order valence-electron chi connectivity index (χ0n) is 108. The predicted octanol–water partition coefficient (Wildman–Crippen LogP) is 41.4. The van der Waals surface area contributed by atoms with Gasteiger partial charge in [0.15, 0.2) is 0 Å². The van der Waals surface area contributed by atoms with Crippen molar-refractivity contribution in [1.82, 2.24) is 0 Å². The van der Waals surface area contributed by atoms with E-state index in [4.69, 9.17) is 43.4 Å². The highest BCUT2D eigenvalue weighted by atomic mass is 16.3. The average molecular weight is 1940 g/mol. The molecular weight excluding hydrogens is 1820 g/mol. The van der Waals surface area contributed by atoms with Gasteiger partial charge >= 0.3 is 0 Å². The van der Waals surface area contributed by atoms with E-state index in [2.05, 4.69) is 138 Å². The number of benzene rings is 26. The third kappa shape index (κ3) is 16.0. The molecule has 0 atom stereocenters. The van der Waals surface area contributed by atoms with Crippen LogP contribution in [0.2, 0.25) is 0 Å². The maximum atomic E-state index is 9.57. The highest BCUT2D eigenvalue weighted by molar-refractivity contribution is 6.18. The van der Waals surface area contributed by atoms with Gasteiger partial charge in [-0.25, -0.2) is 0 Å². The molecule has 0 N–H and O–H groups in total. The number of nitrogens with zero attached hydrogens (tertiary/aromatic N) is 3. The summed E-state index contributed by atoms with van der Waals surface area (Å²) in [6, 6.07) is 116.